The van der Waals surface area contributed by atoms with Crippen LogP contribution in [0.3, 0.4) is 0 Å². The van der Waals surface area contributed by atoms with Crippen molar-refractivity contribution in [2.75, 3.05) is 0 Å². The summed E-state index contributed by atoms with van der Waals surface area (Å²) < 4.78 is 4.64. The lowest BCUT2D eigenvalue weighted by atomic mass is 10.1. The van der Waals surface area contributed by atoms with Gasteiger partial charge in [0.05, 0.1) is 15.9 Å². The summed E-state index contributed by atoms with van der Waals surface area (Å²) in [4.78, 5) is 25.6. The summed E-state index contributed by atoms with van der Waals surface area (Å²) >= 11 is 3.52. The molecular formula is C43H25N5S2. The Kier molecular flexibility index (Phi) is 6.79. The lowest BCUT2D eigenvalue weighted by molar-refractivity contribution is 1.07. The number of nitrogens with zero attached hydrogens (tertiary/aromatic N) is 5. The van der Waals surface area contributed by atoms with Crippen molar-refractivity contribution in [3.63, 3.8) is 0 Å². The molecule has 4 aromatic heterocycles. The molecule has 0 radical (unpaired) electrons. The minimum absolute atomic E-state index is 0.617. The summed E-state index contributed by atoms with van der Waals surface area (Å²) in [5.74, 6) is 2.61. The monoisotopic (exact) mass is 675 g/mol. The first-order valence-electron chi connectivity index (χ1n) is 16.3. The van der Waals surface area contributed by atoms with Crippen LogP contribution in [0.5, 0.6) is 0 Å². The van der Waals surface area contributed by atoms with Crippen LogP contribution < -0.4 is 0 Å². The number of fused-ring (bicyclic) bond motifs is 6. The Balaban J connectivity index is 1.21. The van der Waals surface area contributed by atoms with Crippen LogP contribution in [-0.4, -0.2) is 24.9 Å². The number of hydrogen-bond acceptors (Lipinski definition) is 7. The Bertz CT molecular complexity index is 2810. The molecule has 6 aromatic carbocycles. The lowest BCUT2D eigenvalue weighted by Gasteiger charge is -2.09. The molecule has 0 unspecified atom stereocenters. The molecule has 0 aliphatic heterocycles. The predicted molar refractivity (Wildman–Crippen MR) is 208 cm³/mol. The van der Waals surface area contributed by atoms with Crippen molar-refractivity contribution in [1.29, 1.82) is 0 Å². The van der Waals surface area contributed by atoms with Gasteiger partial charge in [0.25, 0.3) is 0 Å². The van der Waals surface area contributed by atoms with E-state index in [9.17, 15) is 0 Å². The van der Waals surface area contributed by atoms with Crippen LogP contribution in [0.2, 0.25) is 0 Å². The Labute approximate surface area is 295 Å². The average molecular weight is 676 g/mol. The van der Waals surface area contributed by atoms with E-state index < -0.39 is 0 Å². The van der Waals surface area contributed by atoms with Gasteiger partial charge in [-0.25, -0.2) is 24.9 Å². The van der Waals surface area contributed by atoms with Gasteiger partial charge in [-0.1, -0.05) is 121 Å². The standard InChI is InChI=1S/C43H25N5S2/c1-4-13-26(14-5-1)36-39-37(45-43(44-36)32-21-12-20-31-30-19-10-11-22-34(30)49-38(31)32)33-25-29(23-24-35(33)50-39)42-47-40(27-15-6-2-7-16-27)46-41(48-42)28-17-8-3-9-18-28/h1-25H. The summed E-state index contributed by atoms with van der Waals surface area (Å²) in [5, 5.41) is 3.53. The van der Waals surface area contributed by atoms with Gasteiger partial charge in [0, 0.05) is 58.1 Å². The molecule has 50 heavy (non-hydrogen) atoms. The maximum absolute atomic E-state index is 5.36. The molecular weight excluding hydrogens is 651 g/mol. The number of rotatable bonds is 5. The fourth-order valence-corrected chi connectivity index (χ4v) is 8.90. The van der Waals surface area contributed by atoms with Crippen LogP contribution in [0, 0.1) is 0 Å². The molecule has 0 fully saturated rings. The molecule has 0 N–H and O–H groups in total. The highest BCUT2D eigenvalue weighted by Gasteiger charge is 2.20. The van der Waals surface area contributed by atoms with E-state index in [1.165, 1.54) is 20.2 Å². The summed E-state index contributed by atoms with van der Waals surface area (Å²) in [5.41, 5.74) is 6.75. The lowest BCUT2D eigenvalue weighted by Crippen LogP contribution is -2.00. The fraction of sp³-hybridized carbons (Fsp3) is 0. The smallest absolute Gasteiger partial charge is 0.164 e. The van der Waals surface area contributed by atoms with Crippen molar-refractivity contribution in [1.82, 2.24) is 24.9 Å². The molecule has 10 aromatic rings. The molecule has 0 bridgehead atoms. The molecule has 0 atom stereocenters. The second-order valence-electron chi connectivity index (χ2n) is 12.1. The van der Waals surface area contributed by atoms with E-state index in [0.29, 0.717) is 17.5 Å². The Morgan fingerprint density at radius 1 is 0.340 bits per heavy atom. The van der Waals surface area contributed by atoms with Crippen molar-refractivity contribution in [2.24, 2.45) is 0 Å². The van der Waals surface area contributed by atoms with Gasteiger partial charge in [0.1, 0.15) is 0 Å². The van der Waals surface area contributed by atoms with Gasteiger partial charge in [-0.15, -0.1) is 22.7 Å². The van der Waals surface area contributed by atoms with Crippen molar-refractivity contribution >= 4 is 63.1 Å². The van der Waals surface area contributed by atoms with E-state index in [-0.39, 0.29) is 0 Å². The van der Waals surface area contributed by atoms with E-state index in [4.69, 9.17) is 24.9 Å². The van der Waals surface area contributed by atoms with Gasteiger partial charge in [-0.3, -0.25) is 0 Å². The molecule has 0 amide bonds. The number of benzene rings is 6. The maximum atomic E-state index is 5.36. The topological polar surface area (TPSA) is 64.5 Å². The molecule has 234 valence electrons. The minimum atomic E-state index is 0.617. The van der Waals surface area contributed by atoms with Crippen molar-refractivity contribution in [3.8, 4) is 56.8 Å². The van der Waals surface area contributed by atoms with Crippen molar-refractivity contribution < 1.29 is 0 Å². The zero-order valence-corrected chi connectivity index (χ0v) is 28.1. The first-order valence-corrected chi connectivity index (χ1v) is 18.0. The Morgan fingerprint density at radius 3 is 1.60 bits per heavy atom. The summed E-state index contributed by atoms with van der Waals surface area (Å²) in [6.07, 6.45) is 0. The fourth-order valence-electron chi connectivity index (χ4n) is 6.56. The first kappa shape index (κ1) is 28.8. The molecule has 5 nitrogen and oxygen atoms in total. The van der Waals surface area contributed by atoms with Crippen LogP contribution in [0.25, 0.3) is 97.3 Å². The number of aromatic nitrogens is 5. The van der Waals surface area contributed by atoms with Crippen molar-refractivity contribution in [2.45, 2.75) is 0 Å². The third kappa shape index (κ3) is 4.86. The van der Waals surface area contributed by atoms with Gasteiger partial charge >= 0.3 is 0 Å². The number of thiophene rings is 2. The molecule has 7 heteroatoms. The number of hydrogen-bond donors (Lipinski definition) is 0. The second kappa shape index (κ2) is 11.8. The predicted octanol–water partition coefficient (Wildman–Crippen LogP) is 11.7. The molecule has 0 aliphatic rings. The highest BCUT2D eigenvalue weighted by molar-refractivity contribution is 7.26. The SMILES string of the molecule is c1ccc(-c2nc(-c3ccccc3)nc(-c3ccc4sc5c(-c6ccccc6)nc(-c6cccc7c6sc6ccccc67)nc5c4c3)n2)cc1. The molecule has 10 rings (SSSR count). The largest absolute Gasteiger partial charge is 0.226 e. The van der Waals surface area contributed by atoms with E-state index in [1.807, 2.05) is 66.7 Å². The minimum Gasteiger partial charge on any atom is -0.226 e. The van der Waals surface area contributed by atoms with Crippen LogP contribution in [0.15, 0.2) is 152 Å². The highest BCUT2D eigenvalue weighted by Crippen LogP contribution is 2.43. The van der Waals surface area contributed by atoms with E-state index in [2.05, 4.69) is 84.9 Å². The highest BCUT2D eigenvalue weighted by atomic mass is 32.1. The normalized spacial score (nSPS) is 11.6. The van der Waals surface area contributed by atoms with Gasteiger partial charge in [-0.05, 0) is 30.3 Å². The maximum Gasteiger partial charge on any atom is 0.164 e. The molecule has 0 saturated heterocycles. The van der Waals surface area contributed by atoms with Crippen LogP contribution >= 0.6 is 22.7 Å². The zero-order chi connectivity index (χ0) is 33.0. The van der Waals surface area contributed by atoms with E-state index in [1.54, 1.807) is 22.7 Å². The van der Waals surface area contributed by atoms with Crippen LogP contribution in [0.4, 0.5) is 0 Å². The van der Waals surface area contributed by atoms with Crippen molar-refractivity contribution in [3.05, 3.63) is 152 Å². The first-order chi connectivity index (χ1) is 24.8. The van der Waals surface area contributed by atoms with Gasteiger partial charge < -0.3 is 0 Å². The molecule has 0 aliphatic carbocycles. The van der Waals surface area contributed by atoms with Crippen LogP contribution in [0.1, 0.15) is 0 Å². The van der Waals surface area contributed by atoms with Gasteiger partial charge in [0.2, 0.25) is 0 Å². The third-order valence-electron chi connectivity index (χ3n) is 8.96. The summed E-state index contributed by atoms with van der Waals surface area (Å²) in [7, 11) is 0. The second-order valence-corrected chi connectivity index (χ2v) is 14.2. The molecule has 0 saturated carbocycles. The third-order valence-corrected chi connectivity index (χ3v) is 11.3. The van der Waals surface area contributed by atoms with Crippen LogP contribution in [-0.2, 0) is 0 Å². The van der Waals surface area contributed by atoms with Gasteiger partial charge in [0.15, 0.2) is 23.3 Å². The summed E-state index contributed by atoms with van der Waals surface area (Å²) in [6.45, 7) is 0. The van der Waals surface area contributed by atoms with Gasteiger partial charge in [-0.2, -0.15) is 0 Å². The average Bonchev–Trinajstić information content (AvgIpc) is 3.76. The zero-order valence-electron chi connectivity index (χ0n) is 26.5. The molecule has 0 spiro atoms. The van der Waals surface area contributed by atoms with E-state index in [0.717, 1.165) is 59.6 Å². The quantitative estimate of drug-likeness (QED) is 0.182. The van der Waals surface area contributed by atoms with E-state index >= 15 is 0 Å². The molecule has 4 heterocycles. The Morgan fingerprint density at radius 2 is 0.900 bits per heavy atom. The Hall–Kier alpha value is -6.15. The summed E-state index contributed by atoms with van der Waals surface area (Å²) in [6, 6.07) is 52.1.